The zero-order chi connectivity index (χ0) is 31.3. The van der Waals surface area contributed by atoms with E-state index < -0.39 is 0 Å². The van der Waals surface area contributed by atoms with Gasteiger partial charge >= 0.3 is 0 Å². The van der Waals surface area contributed by atoms with Crippen molar-refractivity contribution in [1.82, 2.24) is 4.57 Å². The van der Waals surface area contributed by atoms with Gasteiger partial charge in [0, 0.05) is 16.5 Å². The molecule has 1 aromatic heterocycles. The van der Waals surface area contributed by atoms with Gasteiger partial charge in [-0.2, -0.15) is 5.26 Å². The lowest BCUT2D eigenvalue weighted by Crippen LogP contribution is -1.94. The fourth-order valence-electron chi connectivity index (χ4n) is 7.31. The van der Waals surface area contributed by atoms with Crippen LogP contribution in [0.2, 0.25) is 0 Å². The smallest absolute Gasteiger partial charge is 0.0992 e. The van der Waals surface area contributed by atoms with Crippen LogP contribution in [-0.2, 0) is 0 Å². The zero-order valence-corrected chi connectivity index (χ0v) is 25.6. The van der Waals surface area contributed by atoms with Gasteiger partial charge in [0.1, 0.15) is 0 Å². The summed E-state index contributed by atoms with van der Waals surface area (Å²) < 4.78 is 2.28. The number of rotatable bonds is 4. The summed E-state index contributed by atoms with van der Waals surface area (Å²) in [6.07, 6.45) is 0. The second kappa shape index (κ2) is 10.9. The Bertz CT molecular complexity index is 2660. The summed E-state index contributed by atoms with van der Waals surface area (Å²) in [5.41, 5.74) is 11.1. The van der Waals surface area contributed by atoms with Crippen LogP contribution in [0.4, 0.5) is 0 Å². The number of fused-ring (bicyclic) bond motifs is 5. The molecule has 9 rings (SSSR count). The van der Waals surface area contributed by atoms with E-state index >= 15 is 0 Å². The van der Waals surface area contributed by atoms with Gasteiger partial charge in [-0.3, -0.25) is 0 Å². The maximum atomic E-state index is 9.72. The summed E-state index contributed by atoms with van der Waals surface area (Å²) >= 11 is 0. The second-order valence-electron chi connectivity index (χ2n) is 12.0. The Labute approximate surface area is 273 Å². The quantitative estimate of drug-likeness (QED) is 0.186. The summed E-state index contributed by atoms with van der Waals surface area (Å²) in [5, 5.41) is 17.0. The van der Waals surface area contributed by atoms with E-state index in [-0.39, 0.29) is 0 Å². The molecule has 0 aliphatic carbocycles. The number of nitriles is 1. The lowest BCUT2D eigenvalue weighted by atomic mass is 9.85. The highest BCUT2D eigenvalue weighted by molar-refractivity contribution is 6.22. The second-order valence-corrected chi connectivity index (χ2v) is 12.0. The molecule has 0 aliphatic heterocycles. The van der Waals surface area contributed by atoms with E-state index in [0.717, 1.165) is 33.2 Å². The molecule has 0 radical (unpaired) electrons. The van der Waals surface area contributed by atoms with Gasteiger partial charge in [-0.25, -0.2) is 0 Å². The Morgan fingerprint density at radius 2 is 0.830 bits per heavy atom. The maximum absolute atomic E-state index is 9.72. The largest absolute Gasteiger partial charge is 0.309 e. The van der Waals surface area contributed by atoms with Gasteiger partial charge in [0.15, 0.2) is 0 Å². The van der Waals surface area contributed by atoms with Crippen molar-refractivity contribution in [3.05, 3.63) is 175 Å². The number of para-hydroxylation sites is 1. The normalized spacial score (nSPS) is 11.4. The SMILES string of the molecule is N#Cc1ccc2c3ccc(-c4ccc5c(-c6ccccc6)c6ccccc6c(-c6ccccc6)c5c4)cc3n(-c3ccccc3)c2c1. The van der Waals surface area contributed by atoms with Gasteiger partial charge in [0.25, 0.3) is 0 Å². The van der Waals surface area contributed by atoms with Crippen LogP contribution in [0.25, 0.3) is 82.4 Å². The minimum atomic E-state index is 0.655. The van der Waals surface area contributed by atoms with Crippen LogP contribution in [0.15, 0.2) is 170 Å². The summed E-state index contributed by atoms with van der Waals surface area (Å²) in [6, 6.07) is 62.8. The van der Waals surface area contributed by atoms with Crippen molar-refractivity contribution in [2.75, 3.05) is 0 Å². The molecule has 0 bridgehead atoms. The van der Waals surface area contributed by atoms with Gasteiger partial charge in [-0.05, 0) is 91.3 Å². The van der Waals surface area contributed by atoms with Crippen LogP contribution in [0, 0.1) is 11.3 Å². The van der Waals surface area contributed by atoms with Gasteiger partial charge in [0.2, 0.25) is 0 Å². The number of hydrogen-bond acceptors (Lipinski definition) is 1. The molecule has 0 amide bonds. The third-order valence-corrected chi connectivity index (χ3v) is 9.39. The maximum Gasteiger partial charge on any atom is 0.0992 e. The van der Waals surface area contributed by atoms with E-state index in [1.54, 1.807) is 0 Å². The summed E-state index contributed by atoms with van der Waals surface area (Å²) in [4.78, 5) is 0. The van der Waals surface area contributed by atoms with E-state index in [4.69, 9.17) is 0 Å². The summed E-state index contributed by atoms with van der Waals surface area (Å²) in [6.45, 7) is 0. The molecule has 0 aliphatic rings. The summed E-state index contributed by atoms with van der Waals surface area (Å²) in [5.74, 6) is 0. The number of hydrogen-bond donors (Lipinski definition) is 0. The van der Waals surface area contributed by atoms with Crippen molar-refractivity contribution in [2.24, 2.45) is 0 Å². The molecule has 8 aromatic carbocycles. The lowest BCUT2D eigenvalue weighted by Gasteiger charge is -2.18. The molecule has 1 heterocycles. The third-order valence-electron chi connectivity index (χ3n) is 9.39. The van der Waals surface area contributed by atoms with Crippen molar-refractivity contribution in [3.63, 3.8) is 0 Å². The molecule has 0 fully saturated rings. The molecule has 218 valence electrons. The monoisotopic (exact) mass is 596 g/mol. The number of nitrogens with zero attached hydrogens (tertiary/aromatic N) is 2. The predicted octanol–water partition coefficient (Wildman–Crippen LogP) is 12.0. The van der Waals surface area contributed by atoms with E-state index in [2.05, 4.69) is 162 Å². The molecular formula is C45H28N2. The number of benzene rings is 8. The highest BCUT2D eigenvalue weighted by Crippen LogP contribution is 2.45. The van der Waals surface area contributed by atoms with Crippen molar-refractivity contribution in [2.45, 2.75) is 0 Å². The third kappa shape index (κ3) is 4.33. The molecule has 0 spiro atoms. The van der Waals surface area contributed by atoms with Crippen LogP contribution < -0.4 is 0 Å². The molecule has 2 nitrogen and oxygen atoms in total. The predicted molar refractivity (Wildman–Crippen MR) is 197 cm³/mol. The first-order chi connectivity index (χ1) is 23.3. The Balaban J connectivity index is 1.35. The first-order valence-corrected chi connectivity index (χ1v) is 15.9. The highest BCUT2D eigenvalue weighted by Gasteiger charge is 2.18. The van der Waals surface area contributed by atoms with Gasteiger partial charge < -0.3 is 4.57 Å². The lowest BCUT2D eigenvalue weighted by molar-refractivity contribution is 1.18. The van der Waals surface area contributed by atoms with Gasteiger partial charge in [0.05, 0.1) is 22.7 Å². The molecule has 0 atom stereocenters. The molecule has 2 heteroatoms. The topological polar surface area (TPSA) is 28.7 Å². The minimum absolute atomic E-state index is 0.655. The average Bonchev–Trinajstić information content (AvgIpc) is 3.47. The fourth-order valence-corrected chi connectivity index (χ4v) is 7.31. The minimum Gasteiger partial charge on any atom is -0.309 e. The van der Waals surface area contributed by atoms with Crippen LogP contribution in [-0.4, -0.2) is 4.57 Å². The standard InChI is InChI=1S/C45H28N2/c46-29-30-20-23-36-37-24-21-34(28-43(37)47(42(36)26-30)35-16-8-3-9-17-35)33-22-25-40-41(27-33)45(32-14-6-2-7-15-32)39-19-11-10-18-38(39)44(40)31-12-4-1-5-13-31/h1-28H. The molecular weight excluding hydrogens is 569 g/mol. The number of aromatic nitrogens is 1. The Morgan fingerprint density at radius 3 is 1.45 bits per heavy atom. The first kappa shape index (κ1) is 26.9. The van der Waals surface area contributed by atoms with Crippen molar-refractivity contribution < 1.29 is 0 Å². The first-order valence-electron chi connectivity index (χ1n) is 15.9. The van der Waals surface area contributed by atoms with Crippen LogP contribution in [0.5, 0.6) is 0 Å². The van der Waals surface area contributed by atoms with Crippen molar-refractivity contribution in [1.29, 1.82) is 5.26 Å². The average molecular weight is 597 g/mol. The zero-order valence-electron chi connectivity index (χ0n) is 25.6. The van der Waals surface area contributed by atoms with Crippen LogP contribution in [0.1, 0.15) is 5.56 Å². The van der Waals surface area contributed by atoms with E-state index in [9.17, 15) is 5.26 Å². The summed E-state index contributed by atoms with van der Waals surface area (Å²) in [7, 11) is 0. The van der Waals surface area contributed by atoms with Crippen LogP contribution >= 0.6 is 0 Å². The fraction of sp³-hybridized carbons (Fsp3) is 0. The van der Waals surface area contributed by atoms with Gasteiger partial charge in [-0.15, -0.1) is 0 Å². The van der Waals surface area contributed by atoms with Crippen LogP contribution in [0.3, 0.4) is 0 Å². The molecule has 0 unspecified atom stereocenters. The van der Waals surface area contributed by atoms with Gasteiger partial charge in [-0.1, -0.05) is 133 Å². The molecule has 47 heavy (non-hydrogen) atoms. The Kier molecular flexibility index (Phi) is 6.23. The highest BCUT2D eigenvalue weighted by atomic mass is 15.0. The van der Waals surface area contributed by atoms with E-state index in [1.807, 2.05) is 18.2 Å². The molecule has 0 saturated carbocycles. The molecule has 0 N–H and O–H groups in total. The van der Waals surface area contributed by atoms with E-state index in [0.29, 0.717) is 5.56 Å². The Morgan fingerprint density at radius 1 is 0.362 bits per heavy atom. The van der Waals surface area contributed by atoms with E-state index in [1.165, 1.54) is 49.2 Å². The van der Waals surface area contributed by atoms with Crippen molar-refractivity contribution >= 4 is 43.4 Å². The molecule has 0 saturated heterocycles. The van der Waals surface area contributed by atoms with Crippen molar-refractivity contribution in [3.8, 4) is 45.1 Å². The molecule has 9 aromatic rings. The Hall–Kier alpha value is -6.43.